The summed E-state index contributed by atoms with van der Waals surface area (Å²) >= 11 is 4.42. The first-order valence-corrected chi connectivity index (χ1v) is 12.7. The van der Waals surface area contributed by atoms with Gasteiger partial charge in [0, 0.05) is 10.9 Å². The van der Waals surface area contributed by atoms with E-state index in [1.165, 1.54) is 34.4 Å². The average Bonchev–Trinajstić information content (AvgIpc) is 3.47. The number of anilines is 2. The van der Waals surface area contributed by atoms with Crippen LogP contribution in [0, 0.1) is 0 Å². The molecule has 0 saturated carbocycles. The molecule has 0 amide bonds. The predicted octanol–water partition coefficient (Wildman–Crippen LogP) is 6.11. The van der Waals surface area contributed by atoms with E-state index >= 15 is 0 Å². The highest BCUT2D eigenvalue weighted by Crippen LogP contribution is 2.38. The fourth-order valence-electron chi connectivity index (χ4n) is 3.37. The van der Waals surface area contributed by atoms with Crippen LogP contribution < -0.4 is 15.6 Å². The molecule has 33 heavy (non-hydrogen) atoms. The minimum absolute atomic E-state index is 0.101. The third kappa shape index (κ3) is 4.50. The van der Waals surface area contributed by atoms with Crippen molar-refractivity contribution in [2.45, 2.75) is 16.5 Å². The van der Waals surface area contributed by atoms with Gasteiger partial charge in [0.25, 0.3) is 5.56 Å². The van der Waals surface area contributed by atoms with Crippen molar-refractivity contribution >= 4 is 55.5 Å². The number of aromatic amines is 1. The number of ether oxygens (including phenoxy) is 1. The van der Waals surface area contributed by atoms with Crippen LogP contribution in [0.15, 0.2) is 69.1 Å². The quantitative estimate of drug-likeness (QED) is 0.264. The number of thioether (sulfide) groups is 1. The molecule has 7 nitrogen and oxygen atoms in total. The van der Waals surface area contributed by atoms with E-state index in [1.807, 2.05) is 66.9 Å². The maximum absolute atomic E-state index is 12.9. The largest absolute Gasteiger partial charge is 0.495 e. The van der Waals surface area contributed by atoms with Crippen LogP contribution in [0.3, 0.4) is 0 Å². The first-order chi connectivity index (χ1) is 16.1. The number of methoxy groups -OCH3 is 1. The third-order valence-corrected chi connectivity index (χ3v) is 7.87. The lowest BCUT2D eigenvalue weighted by Crippen LogP contribution is -2.12. The summed E-state index contributed by atoms with van der Waals surface area (Å²) in [5.41, 5.74) is 2.62. The van der Waals surface area contributed by atoms with E-state index in [9.17, 15) is 4.79 Å². The van der Waals surface area contributed by atoms with E-state index in [1.54, 1.807) is 7.11 Å². The fourth-order valence-corrected chi connectivity index (χ4v) is 6.29. The first kappa shape index (κ1) is 21.6. The Hall–Kier alpha value is -3.21. The molecular weight excluding hydrogens is 474 g/mol. The number of H-pyrrole nitrogens is 1. The van der Waals surface area contributed by atoms with Gasteiger partial charge in [-0.3, -0.25) is 4.79 Å². The Balaban J connectivity index is 1.36. The standard InChI is InChI=1S/C23H19N5O2S3/c1-13(32-23-28-27-22(33-23)24-16-10-6-7-11-17(16)30-2)19-25-20(29)18-15(12-31-21(18)26-19)14-8-4-3-5-9-14/h3-13H,1-2H3,(H,24,27)(H,25,26,29). The summed E-state index contributed by atoms with van der Waals surface area (Å²) in [6, 6.07) is 17.5. The van der Waals surface area contributed by atoms with Crippen LogP contribution in [0.4, 0.5) is 10.8 Å². The molecule has 2 N–H and O–H groups in total. The second-order valence-corrected chi connectivity index (χ2v) is 10.5. The monoisotopic (exact) mass is 493 g/mol. The van der Waals surface area contributed by atoms with Crippen molar-refractivity contribution in [2.75, 3.05) is 12.4 Å². The van der Waals surface area contributed by atoms with Gasteiger partial charge in [0.1, 0.15) is 16.4 Å². The lowest BCUT2D eigenvalue weighted by Gasteiger charge is -2.08. The van der Waals surface area contributed by atoms with Gasteiger partial charge in [0.05, 0.1) is 23.4 Å². The number of para-hydroxylation sites is 2. The van der Waals surface area contributed by atoms with Crippen LogP contribution in [0.5, 0.6) is 5.75 Å². The molecule has 0 aliphatic rings. The molecule has 0 saturated heterocycles. The molecule has 3 heterocycles. The van der Waals surface area contributed by atoms with E-state index in [2.05, 4.69) is 20.5 Å². The molecular formula is C23H19N5O2S3. The normalized spacial score (nSPS) is 12.1. The molecule has 166 valence electrons. The van der Waals surface area contributed by atoms with E-state index in [0.29, 0.717) is 16.3 Å². The summed E-state index contributed by atoms with van der Waals surface area (Å²) in [4.78, 5) is 21.4. The van der Waals surface area contributed by atoms with Gasteiger partial charge in [-0.2, -0.15) is 0 Å². The lowest BCUT2D eigenvalue weighted by atomic mass is 10.1. The van der Waals surface area contributed by atoms with E-state index in [-0.39, 0.29) is 10.8 Å². The van der Waals surface area contributed by atoms with Crippen molar-refractivity contribution in [3.63, 3.8) is 0 Å². The minimum Gasteiger partial charge on any atom is -0.495 e. The van der Waals surface area contributed by atoms with Gasteiger partial charge in [-0.15, -0.1) is 21.5 Å². The van der Waals surface area contributed by atoms with Crippen molar-refractivity contribution in [3.05, 3.63) is 76.2 Å². The van der Waals surface area contributed by atoms with Gasteiger partial charge in [0.2, 0.25) is 5.13 Å². The molecule has 0 aliphatic heterocycles. The Kier molecular flexibility index (Phi) is 6.12. The summed E-state index contributed by atoms with van der Waals surface area (Å²) < 4.78 is 6.15. The molecule has 0 radical (unpaired) electrons. The van der Waals surface area contributed by atoms with Gasteiger partial charge in [0.15, 0.2) is 4.34 Å². The average molecular weight is 494 g/mol. The van der Waals surface area contributed by atoms with E-state index in [0.717, 1.165) is 31.7 Å². The summed E-state index contributed by atoms with van der Waals surface area (Å²) in [5.74, 6) is 1.35. The van der Waals surface area contributed by atoms with Crippen molar-refractivity contribution in [2.24, 2.45) is 0 Å². The highest BCUT2D eigenvalue weighted by atomic mass is 32.2. The third-order valence-electron chi connectivity index (χ3n) is 4.96. The van der Waals surface area contributed by atoms with Crippen LogP contribution in [0.2, 0.25) is 0 Å². The molecule has 5 aromatic rings. The second-order valence-electron chi connectivity index (χ2n) is 7.11. The molecule has 0 bridgehead atoms. The summed E-state index contributed by atoms with van der Waals surface area (Å²) in [6.07, 6.45) is 0. The molecule has 3 aromatic heterocycles. The van der Waals surface area contributed by atoms with Crippen molar-refractivity contribution in [1.29, 1.82) is 0 Å². The highest BCUT2D eigenvalue weighted by molar-refractivity contribution is 8.01. The van der Waals surface area contributed by atoms with Crippen molar-refractivity contribution in [1.82, 2.24) is 20.2 Å². The van der Waals surface area contributed by atoms with Crippen LogP contribution in [-0.4, -0.2) is 27.3 Å². The number of nitrogens with one attached hydrogen (secondary N) is 2. The Morgan fingerprint density at radius 3 is 2.70 bits per heavy atom. The maximum Gasteiger partial charge on any atom is 0.260 e. The number of hydrogen-bond acceptors (Lipinski definition) is 9. The number of nitrogens with zero attached hydrogens (tertiary/aromatic N) is 3. The highest BCUT2D eigenvalue weighted by Gasteiger charge is 2.18. The predicted molar refractivity (Wildman–Crippen MR) is 136 cm³/mol. The Bertz CT molecular complexity index is 1460. The number of aromatic nitrogens is 4. The zero-order chi connectivity index (χ0) is 22.8. The van der Waals surface area contributed by atoms with Crippen LogP contribution >= 0.6 is 34.4 Å². The molecule has 0 aliphatic carbocycles. The van der Waals surface area contributed by atoms with Crippen molar-refractivity contribution < 1.29 is 4.74 Å². The zero-order valence-electron chi connectivity index (χ0n) is 17.7. The Labute approximate surface area is 201 Å². The molecule has 5 rings (SSSR count). The van der Waals surface area contributed by atoms with E-state index in [4.69, 9.17) is 9.72 Å². The van der Waals surface area contributed by atoms with Gasteiger partial charge < -0.3 is 15.0 Å². The SMILES string of the molecule is COc1ccccc1Nc1nnc(SC(C)c2nc3scc(-c4ccccc4)c3c(=O)[nH]2)s1. The maximum atomic E-state index is 12.9. The second kappa shape index (κ2) is 9.34. The summed E-state index contributed by atoms with van der Waals surface area (Å²) in [5, 5.41) is 14.9. The number of thiophene rings is 1. The molecule has 0 spiro atoms. The van der Waals surface area contributed by atoms with Gasteiger partial charge in [-0.05, 0) is 24.6 Å². The molecule has 2 aromatic carbocycles. The summed E-state index contributed by atoms with van der Waals surface area (Å²) in [7, 11) is 1.63. The molecule has 1 unspecified atom stereocenters. The Morgan fingerprint density at radius 1 is 1.09 bits per heavy atom. The lowest BCUT2D eigenvalue weighted by molar-refractivity contribution is 0.417. The molecule has 10 heteroatoms. The van der Waals surface area contributed by atoms with Crippen molar-refractivity contribution in [3.8, 4) is 16.9 Å². The van der Waals surface area contributed by atoms with Gasteiger partial charge in [-0.25, -0.2) is 4.98 Å². The minimum atomic E-state index is -0.127. The Morgan fingerprint density at radius 2 is 1.88 bits per heavy atom. The smallest absolute Gasteiger partial charge is 0.260 e. The zero-order valence-corrected chi connectivity index (χ0v) is 20.2. The summed E-state index contributed by atoms with van der Waals surface area (Å²) in [6.45, 7) is 2.00. The van der Waals surface area contributed by atoms with Crippen LogP contribution in [0.1, 0.15) is 18.0 Å². The number of rotatable bonds is 7. The number of hydrogen-bond donors (Lipinski definition) is 2. The molecule has 0 fully saturated rings. The van der Waals surface area contributed by atoms with Crippen LogP contribution in [0.25, 0.3) is 21.3 Å². The first-order valence-electron chi connectivity index (χ1n) is 10.1. The van der Waals surface area contributed by atoms with E-state index < -0.39 is 0 Å². The number of fused-ring (bicyclic) bond motifs is 1. The number of benzene rings is 2. The molecule has 1 atom stereocenters. The fraction of sp³-hybridized carbons (Fsp3) is 0.130. The van der Waals surface area contributed by atoms with Gasteiger partial charge >= 0.3 is 0 Å². The van der Waals surface area contributed by atoms with Gasteiger partial charge in [-0.1, -0.05) is 65.6 Å². The topological polar surface area (TPSA) is 92.8 Å². The van der Waals surface area contributed by atoms with Crippen LogP contribution in [-0.2, 0) is 0 Å².